The van der Waals surface area contributed by atoms with E-state index >= 15 is 0 Å². The number of aromatic nitrogens is 1. The zero-order valence-corrected chi connectivity index (χ0v) is 16.7. The zero-order valence-electron chi connectivity index (χ0n) is 16.7. The van der Waals surface area contributed by atoms with Gasteiger partial charge in [-0.15, -0.1) is 0 Å². The molecule has 4 aromatic rings. The van der Waals surface area contributed by atoms with Crippen molar-refractivity contribution in [3.05, 3.63) is 83.9 Å². The average Bonchev–Trinajstić information content (AvgIpc) is 3.12. The molecule has 0 atom stereocenters. The highest BCUT2D eigenvalue weighted by molar-refractivity contribution is 5.94. The van der Waals surface area contributed by atoms with Crippen LogP contribution in [0.3, 0.4) is 0 Å². The van der Waals surface area contributed by atoms with E-state index in [0.717, 1.165) is 33.3 Å². The van der Waals surface area contributed by atoms with Crippen LogP contribution in [0.2, 0.25) is 0 Å². The molecule has 30 heavy (non-hydrogen) atoms. The summed E-state index contributed by atoms with van der Waals surface area (Å²) in [6, 6.07) is 23.4. The van der Waals surface area contributed by atoms with Crippen LogP contribution in [0.4, 0.5) is 0 Å². The van der Waals surface area contributed by atoms with Gasteiger partial charge in [-0.25, -0.2) is 0 Å². The molecule has 0 aliphatic rings. The fourth-order valence-corrected chi connectivity index (χ4v) is 3.57. The summed E-state index contributed by atoms with van der Waals surface area (Å²) >= 11 is 0. The van der Waals surface area contributed by atoms with Crippen LogP contribution in [0, 0.1) is 0 Å². The van der Waals surface area contributed by atoms with Crippen molar-refractivity contribution >= 4 is 16.9 Å². The summed E-state index contributed by atoms with van der Waals surface area (Å²) in [6.07, 6.45) is -0.0599. The maximum absolute atomic E-state index is 11.5. The van der Waals surface area contributed by atoms with Crippen molar-refractivity contribution in [1.29, 1.82) is 0 Å². The van der Waals surface area contributed by atoms with Crippen LogP contribution in [0.1, 0.15) is 18.1 Å². The van der Waals surface area contributed by atoms with Crippen molar-refractivity contribution in [2.45, 2.75) is 20.0 Å². The molecule has 0 aliphatic heterocycles. The van der Waals surface area contributed by atoms with Gasteiger partial charge in [-0.1, -0.05) is 48.5 Å². The van der Waals surface area contributed by atoms with Gasteiger partial charge in [0.25, 0.3) is 0 Å². The number of H-pyrrole nitrogens is 1. The molecule has 0 amide bonds. The third kappa shape index (κ3) is 4.15. The molecule has 0 bridgehead atoms. The van der Waals surface area contributed by atoms with Crippen LogP contribution >= 0.6 is 0 Å². The first kappa shape index (κ1) is 19.6. The van der Waals surface area contributed by atoms with Gasteiger partial charge in [0, 0.05) is 16.5 Å². The Hall–Kier alpha value is -3.73. The molecule has 5 heteroatoms. The second-order valence-electron chi connectivity index (χ2n) is 6.96. The van der Waals surface area contributed by atoms with E-state index in [1.165, 1.54) is 0 Å². The Labute approximate surface area is 174 Å². The summed E-state index contributed by atoms with van der Waals surface area (Å²) in [4.78, 5) is 14.9. The van der Waals surface area contributed by atoms with Crippen molar-refractivity contribution in [3.8, 4) is 22.8 Å². The molecule has 4 rings (SSSR count). The van der Waals surface area contributed by atoms with Gasteiger partial charge >= 0.3 is 5.97 Å². The van der Waals surface area contributed by atoms with Crippen LogP contribution in [-0.2, 0) is 17.8 Å². The Balaban J connectivity index is 1.71. The van der Waals surface area contributed by atoms with E-state index in [0.29, 0.717) is 24.7 Å². The molecule has 0 fully saturated rings. The predicted molar refractivity (Wildman–Crippen MR) is 117 cm³/mol. The number of carbonyl (C=O) groups is 1. The summed E-state index contributed by atoms with van der Waals surface area (Å²) in [5.41, 5.74) is 4.39. The number of carboxylic acids is 1. The number of nitrogens with one attached hydrogen (secondary N) is 1. The van der Waals surface area contributed by atoms with Crippen LogP contribution in [0.15, 0.2) is 72.8 Å². The van der Waals surface area contributed by atoms with Crippen LogP contribution in [-0.4, -0.2) is 22.7 Å². The van der Waals surface area contributed by atoms with E-state index in [1.54, 1.807) is 0 Å². The third-order valence-electron chi connectivity index (χ3n) is 4.91. The largest absolute Gasteiger partial charge is 0.490 e. The average molecular weight is 401 g/mol. The molecular formula is C25H23NO4. The van der Waals surface area contributed by atoms with E-state index in [9.17, 15) is 9.90 Å². The highest BCUT2D eigenvalue weighted by atomic mass is 16.5. The van der Waals surface area contributed by atoms with Gasteiger partial charge < -0.3 is 19.6 Å². The Morgan fingerprint density at radius 2 is 1.70 bits per heavy atom. The second kappa shape index (κ2) is 8.74. The maximum atomic E-state index is 11.5. The molecule has 0 spiro atoms. The topological polar surface area (TPSA) is 71.6 Å². The molecule has 0 saturated carbocycles. The second-order valence-corrected chi connectivity index (χ2v) is 6.96. The number of hydrogen-bond donors (Lipinski definition) is 2. The third-order valence-corrected chi connectivity index (χ3v) is 4.91. The first-order valence-corrected chi connectivity index (χ1v) is 9.91. The predicted octanol–water partition coefficient (Wildman–Crippen LogP) is 5.44. The van der Waals surface area contributed by atoms with Crippen molar-refractivity contribution in [3.63, 3.8) is 0 Å². The molecule has 0 saturated heterocycles. The quantitative estimate of drug-likeness (QED) is 0.412. The van der Waals surface area contributed by atoms with E-state index in [2.05, 4.69) is 4.98 Å². The number of fused-ring (bicyclic) bond motifs is 1. The number of aromatic amines is 1. The van der Waals surface area contributed by atoms with Crippen molar-refractivity contribution in [2.75, 3.05) is 6.61 Å². The Kier molecular flexibility index (Phi) is 5.70. The lowest BCUT2D eigenvalue weighted by Crippen LogP contribution is -2.02. The van der Waals surface area contributed by atoms with Gasteiger partial charge in [0.15, 0.2) is 11.5 Å². The van der Waals surface area contributed by atoms with Crippen molar-refractivity contribution in [1.82, 2.24) is 4.98 Å². The fourth-order valence-electron chi connectivity index (χ4n) is 3.57. The minimum atomic E-state index is -0.867. The highest BCUT2D eigenvalue weighted by Gasteiger charge is 2.17. The van der Waals surface area contributed by atoms with Crippen molar-refractivity contribution < 1.29 is 19.4 Å². The monoisotopic (exact) mass is 401 g/mol. The lowest BCUT2D eigenvalue weighted by atomic mass is 10.0. The van der Waals surface area contributed by atoms with Crippen LogP contribution < -0.4 is 9.47 Å². The molecule has 2 N–H and O–H groups in total. The normalized spacial score (nSPS) is 10.8. The minimum Gasteiger partial charge on any atom is -0.490 e. The summed E-state index contributed by atoms with van der Waals surface area (Å²) in [7, 11) is 0. The first-order chi connectivity index (χ1) is 14.7. The number of ether oxygens (including phenoxy) is 2. The van der Waals surface area contributed by atoms with Crippen molar-refractivity contribution in [2.24, 2.45) is 0 Å². The summed E-state index contributed by atoms with van der Waals surface area (Å²) in [6.45, 7) is 2.86. The maximum Gasteiger partial charge on any atom is 0.307 e. The smallest absolute Gasteiger partial charge is 0.307 e. The Morgan fingerprint density at radius 3 is 2.47 bits per heavy atom. The molecule has 0 aliphatic carbocycles. The first-order valence-electron chi connectivity index (χ1n) is 9.91. The van der Waals surface area contributed by atoms with Gasteiger partial charge in [0.1, 0.15) is 6.61 Å². The van der Waals surface area contributed by atoms with Crippen LogP contribution in [0.25, 0.3) is 22.2 Å². The molecule has 3 aromatic carbocycles. The number of hydrogen-bond acceptors (Lipinski definition) is 3. The summed E-state index contributed by atoms with van der Waals surface area (Å²) < 4.78 is 11.8. The molecule has 0 unspecified atom stereocenters. The van der Waals surface area contributed by atoms with Crippen LogP contribution in [0.5, 0.6) is 11.5 Å². The SMILES string of the molecule is CCOc1cc(-c2[nH]c3ccccc3c2CC(=O)O)ccc1OCc1ccccc1. The fraction of sp³-hybridized carbons (Fsp3) is 0.160. The van der Waals surface area contributed by atoms with E-state index < -0.39 is 5.97 Å². The highest BCUT2D eigenvalue weighted by Crippen LogP contribution is 2.36. The number of carboxylic acid groups (broad SMARTS) is 1. The number of rotatable bonds is 8. The lowest BCUT2D eigenvalue weighted by molar-refractivity contribution is -0.136. The zero-order chi connectivity index (χ0) is 20.9. The van der Waals surface area contributed by atoms with E-state index in [-0.39, 0.29) is 6.42 Å². The molecule has 0 radical (unpaired) electrons. The number of benzene rings is 3. The molecular weight excluding hydrogens is 378 g/mol. The standard InChI is InChI=1S/C25H23NO4/c1-2-29-23-14-18(12-13-22(23)30-16-17-8-4-3-5-9-17)25-20(15-24(27)28)19-10-6-7-11-21(19)26-25/h3-14,26H,2,15-16H2,1H3,(H,27,28). The lowest BCUT2D eigenvalue weighted by Gasteiger charge is -2.14. The molecule has 1 aromatic heterocycles. The van der Waals surface area contributed by atoms with Gasteiger partial charge in [0.2, 0.25) is 0 Å². The van der Waals surface area contributed by atoms with Gasteiger partial charge in [0.05, 0.1) is 18.7 Å². The Bertz CT molecular complexity index is 1160. The molecule has 1 heterocycles. The Morgan fingerprint density at radius 1 is 0.933 bits per heavy atom. The van der Waals surface area contributed by atoms with Gasteiger partial charge in [-0.3, -0.25) is 4.79 Å². The van der Waals surface area contributed by atoms with Gasteiger partial charge in [-0.2, -0.15) is 0 Å². The molecule has 152 valence electrons. The minimum absolute atomic E-state index is 0.0599. The van der Waals surface area contributed by atoms with E-state index in [1.807, 2.05) is 79.7 Å². The van der Waals surface area contributed by atoms with E-state index in [4.69, 9.17) is 9.47 Å². The number of aliphatic carboxylic acids is 1. The summed E-state index contributed by atoms with van der Waals surface area (Å²) in [5, 5.41) is 10.3. The van der Waals surface area contributed by atoms with Gasteiger partial charge in [-0.05, 0) is 42.3 Å². The molecule has 5 nitrogen and oxygen atoms in total. The summed E-state index contributed by atoms with van der Waals surface area (Å²) in [5.74, 6) is 0.417. The number of para-hydroxylation sites is 1.